The van der Waals surface area contributed by atoms with Crippen molar-refractivity contribution in [2.75, 3.05) is 19.7 Å². The third-order valence-electron chi connectivity index (χ3n) is 5.19. The van der Waals surface area contributed by atoms with Crippen LogP contribution < -0.4 is 5.32 Å². The lowest BCUT2D eigenvalue weighted by molar-refractivity contribution is -0.121. The molecular formula is C21H22N2O4. The molecule has 2 aliphatic rings. The summed E-state index contributed by atoms with van der Waals surface area (Å²) >= 11 is 0. The first-order chi connectivity index (χ1) is 13.1. The van der Waals surface area contributed by atoms with Crippen molar-refractivity contribution >= 4 is 28.5 Å². The molecule has 1 N–H and O–H groups in total. The van der Waals surface area contributed by atoms with E-state index in [1.165, 1.54) is 4.90 Å². The number of benzene rings is 2. The average Bonchev–Trinajstić information content (AvgIpc) is 3.20. The molecule has 0 unspecified atom stereocenters. The number of nitrogens with one attached hydrogen (secondary N) is 1. The van der Waals surface area contributed by atoms with Gasteiger partial charge in [0.25, 0.3) is 11.8 Å². The molecule has 3 amide bonds. The van der Waals surface area contributed by atoms with Crippen LogP contribution in [0.5, 0.6) is 0 Å². The minimum atomic E-state index is -0.288. The van der Waals surface area contributed by atoms with E-state index >= 15 is 0 Å². The highest BCUT2D eigenvalue weighted by molar-refractivity contribution is 6.25. The van der Waals surface area contributed by atoms with Crippen molar-refractivity contribution in [3.63, 3.8) is 0 Å². The second-order valence-corrected chi connectivity index (χ2v) is 7.01. The molecule has 27 heavy (non-hydrogen) atoms. The third kappa shape index (κ3) is 3.45. The fourth-order valence-corrected chi connectivity index (χ4v) is 3.80. The van der Waals surface area contributed by atoms with Crippen LogP contribution in [0.15, 0.2) is 36.4 Å². The first-order valence-corrected chi connectivity index (χ1v) is 9.41. The molecule has 1 fully saturated rings. The van der Waals surface area contributed by atoms with Crippen LogP contribution in [0, 0.1) is 0 Å². The van der Waals surface area contributed by atoms with Gasteiger partial charge in [-0.1, -0.05) is 24.3 Å². The third-order valence-corrected chi connectivity index (χ3v) is 5.19. The van der Waals surface area contributed by atoms with Crippen LogP contribution in [0.4, 0.5) is 0 Å². The Morgan fingerprint density at radius 1 is 1.11 bits per heavy atom. The van der Waals surface area contributed by atoms with E-state index in [4.69, 9.17) is 4.74 Å². The van der Waals surface area contributed by atoms with Gasteiger partial charge in [0.2, 0.25) is 5.91 Å². The van der Waals surface area contributed by atoms with Crippen molar-refractivity contribution < 1.29 is 19.1 Å². The lowest BCUT2D eigenvalue weighted by atomic mass is 9.94. The van der Waals surface area contributed by atoms with Gasteiger partial charge in [-0.15, -0.1) is 0 Å². The molecule has 4 rings (SSSR count). The molecule has 140 valence electrons. The van der Waals surface area contributed by atoms with Crippen molar-refractivity contribution in [1.29, 1.82) is 0 Å². The quantitative estimate of drug-likeness (QED) is 0.797. The zero-order valence-electron chi connectivity index (χ0n) is 15.1. The van der Waals surface area contributed by atoms with Crippen LogP contribution in [0.3, 0.4) is 0 Å². The van der Waals surface area contributed by atoms with Crippen LogP contribution in [-0.2, 0) is 9.53 Å². The molecule has 1 atom stereocenters. The molecule has 2 aliphatic heterocycles. The Hall–Kier alpha value is -2.73. The molecular weight excluding hydrogens is 344 g/mol. The fraction of sp³-hybridized carbons (Fsp3) is 0.381. The Morgan fingerprint density at radius 2 is 1.81 bits per heavy atom. The Balaban J connectivity index is 1.38. The molecule has 0 spiro atoms. The highest BCUT2D eigenvalue weighted by Gasteiger charge is 2.32. The molecule has 2 aromatic rings. The van der Waals surface area contributed by atoms with Gasteiger partial charge < -0.3 is 10.1 Å². The van der Waals surface area contributed by atoms with Crippen LogP contribution in [-0.4, -0.2) is 48.4 Å². The number of nitrogens with zero attached hydrogens (tertiary/aromatic N) is 1. The Labute approximate surface area is 157 Å². The summed E-state index contributed by atoms with van der Waals surface area (Å²) in [5.74, 6) is -0.655. The summed E-state index contributed by atoms with van der Waals surface area (Å²) in [7, 11) is 0. The highest BCUT2D eigenvalue weighted by Crippen LogP contribution is 2.30. The van der Waals surface area contributed by atoms with Crippen LogP contribution >= 0.6 is 0 Å². The summed E-state index contributed by atoms with van der Waals surface area (Å²) in [6.45, 7) is 1.51. The van der Waals surface area contributed by atoms with E-state index in [1.807, 2.05) is 24.3 Å². The monoisotopic (exact) mass is 366 g/mol. The van der Waals surface area contributed by atoms with E-state index in [-0.39, 0.29) is 36.8 Å². The maximum Gasteiger partial charge on any atom is 0.261 e. The molecule has 2 aromatic carbocycles. The van der Waals surface area contributed by atoms with Crippen molar-refractivity contribution in [2.45, 2.75) is 31.8 Å². The Morgan fingerprint density at radius 3 is 2.44 bits per heavy atom. The summed E-state index contributed by atoms with van der Waals surface area (Å²) < 4.78 is 5.48. The normalized spacial score (nSPS) is 19.0. The predicted octanol–water partition coefficient (Wildman–Crippen LogP) is 2.51. The van der Waals surface area contributed by atoms with Gasteiger partial charge >= 0.3 is 0 Å². The highest BCUT2D eigenvalue weighted by atomic mass is 16.5. The molecule has 0 aliphatic carbocycles. The zero-order valence-corrected chi connectivity index (χ0v) is 15.1. The first kappa shape index (κ1) is 17.7. The molecule has 6 nitrogen and oxygen atoms in total. The Bertz CT molecular complexity index is 851. The van der Waals surface area contributed by atoms with E-state index in [1.54, 1.807) is 12.1 Å². The van der Waals surface area contributed by atoms with Crippen molar-refractivity contribution in [2.24, 2.45) is 0 Å². The van der Waals surface area contributed by atoms with Crippen molar-refractivity contribution in [3.8, 4) is 0 Å². The zero-order chi connectivity index (χ0) is 18.8. The molecule has 0 bridgehead atoms. The van der Waals surface area contributed by atoms with Crippen LogP contribution in [0.25, 0.3) is 10.8 Å². The van der Waals surface area contributed by atoms with Crippen molar-refractivity contribution in [3.05, 3.63) is 47.5 Å². The number of carbonyl (C=O) groups is 3. The van der Waals surface area contributed by atoms with Gasteiger partial charge in [-0.25, -0.2) is 0 Å². The maximum absolute atomic E-state index is 12.8. The number of ether oxygens (including phenoxy) is 1. The van der Waals surface area contributed by atoms with Gasteiger partial charge in [0.15, 0.2) is 0 Å². The van der Waals surface area contributed by atoms with Crippen molar-refractivity contribution in [1.82, 2.24) is 10.2 Å². The average molecular weight is 366 g/mol. The first-order valence-electron chi connectivity index (χ1n) is 9.41. The van der Waals surface area contributed by atoms with E-state index < -0.39 is 0 Å². The molecule has 2 heterocycles. The minimum absolute atomic E-state index is 0.0788. The van der Waals surface area contributed by atoms with Gasteiger partial charge in [-0.05, 0) is 36.8 Å². The Kier molecular flexibility index (Phi) is 4.90. The van der Waals surface area contributed by atoms with E-state index in [2.05, 4.69) is 5.32 Å². The minimum Gasteiger partial charge on any atom is -0.376 e. The van der Waals surface area contributed by atoms with E-state index in [9.17, 15) is 14.4 Å². The smallest absolute Gasteiger partial charge is 0.261 e. The summed E-state index contributed by atoms with van der Waals surface area (Å²) in [6, 6.07) is 11.0. The van der Waals surface area contributed by atoms with Gasteiger partial charge in [0, 0.05) is 42.6 Å². The van der Waals surface area contributed by atoms with E-state index in [0.29, 0.717) is 24.1 Å². The lowest BCUT2D eigenvalue weighted by Gasteiger charge is -2.27. The van der Waals surface area contributed by atoms with Crippen LogP contribution in [0.2, 0.25) is 0 Å². The van der Waals surface area contributed by atoms with Crippen LogP contribution in [0.1, 0.15) is 46.4 Å². The molecule has 1 saturated heterocycles. The maximum atomic E-state index is 12.8. The summed E-state index contributed by atoms with van der Waals surface area (Å²) in [5, 5.41) is 4.48. The molecule has 0 saturated carbocycles. The fourth-order valence-electron chi connectivity index (χ4n) is 3.80. The summed E-state index contributed by atoms with van der Waals surface area (Å²) in [6.07, 6.45) is 2.83. The second kappa shape index (κ2) is 7.48. The number of carbonyl (C=O) groups excluding carboxylic acids is 3. The summed E-state index contributed by atoms with van der Waals surface area (Å²) in [4.78, 5) is 38.8. The van der Waals surface area contributed by atoms with Gasteiger partial charge in [0.05, 0.1) is 6.10 Å². The second-order valence-electron chi connectivity index (χ2n) is 7.01. The topological polar surface area (TPSA) is 75.7 Å². The number of imide groups is 1. The largest absolute Gasteiger partial charge is 0.376 e. The number of hydrogen-bond donors (Lipinski definition) is 1. The number of amides is 3. The van der Waals surface area contributed by atoms with Gasteiger partial charge in [0.1, 0.15) is 0 Å². The standard InChI is InChI=1S/C21H22N2O4/c24-18(22-13-15-7-4-12-27-15)10-3-11-23-20(25)16-8-1-5-14-6-2-9-17(19(14)16)21(23)26/h1-2,5-6,8-9,15H,3-4,7,10-13H2,(H,22,24)/t15-/m0/s1. The molecule has 6 heteroatoms. The molecule has 0 radical (unpaired) electrons. The van der Waals surface area contributed by atoms with Gasteiger partial charge in [-0.3, -0.25) is 19.3 Å². The molecule has 0 aromatic heterocycles. The number of rotatable bonds is 6. The number of hydrogen-bond acceptors (Lipinski definition) is 4. The predicted molar refractivity (Wildman–Crippen MR) is 101 cm³/mol. The lowest BCUT2D eigenvalue weighted by Crippen LogP contribution is -2.41. The van der Waals surface area contributed by atoms with E-state index in [0.717, 1.165) is 30.2 Å². The van der Waals surface area contributed by atoms with Gasteiger partial charge in [-0.2, -0.15) is 0 Å². The SMILES string of the molecule is O=C(CCCN1C(=O)c2cccc3cccc(c23)C1=O)NC[C@@H]1CCCO1. The summed E-state index contributed by atoms with van der Waals surface area (Å²) in [5.41, 5.74) is 1.09.